The lowest BCUT2D eigenvalue weighted by atomic mass is 10.1. The van der Waals surface area contributed by atoms with Gasteiger partial charge in [0.15, 0.2) is 0 Å². The molecule has 2 aromatic heterocycles. The molecule has 0 bridgehead atoms. The number of carbonyl (C=O) groups is 1. The Morgan fingerprint density at radius 2 is 2.43 bits per heavy atom. The molecule has 7 heteroatoms. The van der Waals surface area contributed by atoms with Crippen molar-refractivity contribution >= 4 is 33.2 Å². The highest BCUT2D eigenvalue weighted by Crippen LogP contribution is 2.33. The molecule has 0 aromatic carbocycles. The van der Waals surface area contributed by atoms with Crippen LogP contribution in [0.3, 0.4) is 0 Å². The zero-order chi connectivity index (χ0) is 14.8. The largest absolute Gasteiger partial charge is 0.376 e. The molecule has 1 saturated heterocycles. The first-order valence-corrected chi connectivity index (χ1v) is 8.38. The van der Waals surface area contributed by atoms with E-state index < -0.39 is 0 Å². The number of hydrogen-bond donors (Lipinski definition) is 1. The fraction of sp³-hybridized carbons (Fsp3) is 0.429. The summed E-state index contributed by atoms with van der Waals surface area (Å²) in [5.41, 5.74) is 1.09. The van der Waals surface area contributed by atoms with Gasteiger partial charge in [0.2, 0.25) is 0 Å². The molecular weight excluding hydrogens is 356 g/mol. The summed E-state index contributed by atoms with van der Waals surface area (Å²) in [7, 11) is 0. The molecule has 112 valence electrons. The molecule has 0 saturated carbocycles. The second kappa shape index (κ2) is 6.29. The van der Waals surface area contributed by atoms with Crippen LogP contribution in [0.4, 0.5) is 0 Å². The number of aryl methyl sites for hydroxylation is 1. The number of halogens is 1. The Balaban J connectivity index is 1.77. The summed E-state index contributed by atoms with van der Waals surface area (Å²) in [5.74, 6) is 0.364. The molecule has 1 atom stereocenters. The van der Waals surface area contributed by atoms with Gasteiger partial charge in [-0.15, -0.1) is 11.3 Å². The summed E-state index contributed by atoms with van der Waals surface area (Å²) in [6, 6.07) is 3.85. The molecular formula is C14H15BrN2O3S. The van der Waals surface area contributed by atoms with Crippen LogP contribution in [0.15, 0.2) is 20.4 Å². The number of aromatic nitrogens is 1. The van der Waals surface area contributed by atoms with E-state index in [2.05, 4.69) is 26.4 Å². The predicted molar refractivity (Wildman–Crippen MR) is 83.6 cm³/mol. The Morgan fingerprint density at radius 3 is 3.10 bits per heavy atom. The third-order valence-corrected chi connectivity index (χ3v) is 5.04. The summed E-state index contributed by atoms with van der Waals surface area (Å²) in [4.78, 5) is 13.3. The lowest BCUT2D eigenvalue weighted by Gasteiger charge is -2.10. The average molecular weight is 371 g/mol. The average Bonchev–Trinajstić information content (AvgIpc) is 3.17. The van der Waals surface area contributed by atoms with Crippen LogP contribution in [0, 0.1) is 6.92 Å². The number of hydrogen-bond acceptors (Lipinski definition) is 5. The van der Waals surface area contributed by atoms with E-state index in [-0.39, 0.29) is 12.0 Å². The maximum atomic E-state index is 12.4. The quantitative estimate of drug-likeness (QED) is 0.895. The third-order valence-electron chi connectivity index (χ3n) is 3.41. The first-order valence-electron chi connectivity index (χ1n) is 6.77. The molecule has 1 amide bonds. The van der Waals surface area contributed by atoms with Gasteiger partial charge in [0.05, 0.1) is 14.8 Å². The fourth-order valence-corrected chi connectivity index (χ4v) is 3.72. The van der Waals surface area contributed by atoms with Crippen molar-refractivity contribution in [2.24, 2.45) is 0 Å². The van der Waals surface area contributed by atoms with Crippen molar-refractivity contribution in [2.45, 2.75) is 25.9 Å². The number of carbonyl (C=O) groups excluding carboxylic acids is 1. The minimum Gasteiger partial charge on any atom is -0.376 e. The molecule has 1 aliphatic heterocycles. The normalized spacial score (nSPS) is 18.1. The maximum absolute atomic E-state index is 12.4. The van der Waals surface area contributed by atoms with Gasteiger partial charge in [-0.1, -0.05) is 5.16 Å². The summed E-state index contributed by atoms with van der Waals surface area (Å²) in [5, 5.41) is 6.94. The van der Waals surface area contributed by atoms with Gasteiger partial charge in [-0.2, -0.15) is 0 Å². The highest BCUT2D eigenvalue weighted by atomic mass is 79.9. The van der Waals surface area contributed by atoms with Crippen LogP contribution in [0.1, 0.15) is 29.0 Å². The van der Waals surface area contributed by atoms with Gasteiger partial charge >= 0.3 is 0 Å². The van der Waals surface area contributed by atoms with Crippen LogP contribution < -0.4 is 5.32 Å². The number of amides is 1. The number of nitrogens with zero attached hydrogens (tertiary/aromatic N) is 1. The monoisotopic (exact) mass is 370 g/mol. The van der Waals surface area contributed by atoms with Crippen molar-refractivity contribution in [1.29, 1.82) is 0 Å². The summed E-state index contributed by atoms with van der Waals surface area (Å²) >= 11 is 4.93. The van der Waals surface area contributed by atoms with Crippen molar-refractivity contribution in [3.63, 3.8) is 0 Å². The second-order valence-electron chi connectivity index (χ2n) is 4.91. The molecule has 0 radical (unpaired) electrons. The molecule has 1 N–H and O–H groups in total. The zero-order valence-corrected chi connectivity index (χ0v) is 13.9. The third kappa shape index (κ3) is 3.20. The molecule has 21 heavy (non-hydrogen) atoms. The van der Waals surface area contributed by atoms with Crippen molar-refractivity contribution in [2.75, 3.05) is 13.2 Å². The summed E-state index contributed by atoms with van der Waals surface area (Å²) in [6.07, 6.45) is 2.17. The Morgan fingerprint density at radius 1 is 1.57 bits per heavy atom. The van der Waals surface area contributed by atoms with Gasteiger partial charge in [0, 0.05) is 13.2 Å². The van der Waals surface area contributed by atoms with Gasteiger partial charge in [0.25, 0.3) is 5.91 Å². The number of rotatable bonds is 4. The van der Waals surface area contributed by atoms with Crippen molar-refractivity contribution in [3.8, 4) is 10.6 Å². The van der Waals surface area contributed by atoms with Crippen molar-refractivity contribution in [1.82, 2.24) is 10.5 Å². The van der Waals surface area contributed by atoms with Gasteiger partial charge in [0.1, 0.15) is 17.0 Å². The Kier molecular flexibility index (Phi) is 4.42. The van der Waals surface area contributed by atoms with Crippen LogP contribution in [-0.2, 0) is 4.74 Å². The van der Waals surface area contributed by atoms with E-state index in [1.807, 2.05) is 12.1 Å². The fourth-order valence-electron chi connectivity index (χ4n) is 2.35. The predicted octanol–water partition coefficient (Wildman–Crippen LogP) is 3.38. The Labute approximate surface area is 134 Å². The van der Waals surface area contributed by atoms with Crippen LogP contribution in [0.25, 0.3) is 10.6 Å². The van der Waals surface area contributed by atoms with Gasteiger partial charge in [-0.3, -0.25) is 4.79 Å². The number of ether oxygens (including phenoxy) is 1. The maximum Gasteiger partial charge on any atom is 0.257 e. The number of nitrogens with one attached hydrogen (secondary N) is 1. The Bertz CT molecular complexity index is 646. The molecule has 1 fully saturated rings. The van der Waals surface area contributed by atoms with E-state index in [0.29, 0.717) is 23.6 Å². The van der Waals surface area contributed by atoms with E-state index >= 15 is 0 Å². The minimum absolute atomic E-state index is 0.119. The molecule has 0 spiro atoms. The molecule has 0 aliphatic carbocycles. The molecule has 2 aromatic rings. The Hall–Kier alpha value is -1.18. The summed E-state index contributed by atoms with van der Waals surface area (Å²) in [6.45, 7) is 3.05. The zero-order valence-electron chi connectivity index (χ0n) is 11.5. The number of thiophene rings is 1. The van der Waals surface area contributed by atoms with E-state index in [0.717, 1.165) is 28.1 Å². The summed E-state index contributed by atoms with van der Waals surface area (Å²) < 4.78 is 11.7. The molecule has 5 nitrogen and oxygen atoms in total. The second-order valence-corrected chi connectivity index (χ2v) is 7.37. The van der Waals surface area contributed by atoms with Crippen LogP contribution in [-0.4, -0.2) is 30.3 Å². The van der Waals surface area contributed by atoms with Crippen LogP contribution in [0.2, 0.25) is 0 Å². The molecule has 3 rings (SSSR count). The van der Waals surface area contributed by atoms with Gasteiger partial charge in [-0.05, 0) is 47.8 Å². The van der Waals surface area contributed by atoms with Crippen molar-refractivity contribution in [3.05, 3.63) is 27.2 Å². The lowest BCUT2D eigenvalue weighted by molar-refractivity contribution is 0.0857. The van der Waals surface area contributed by atoms with Crippen molar-refractivity contribution < 1.29 is 14.1 Å². The highest BCUT2D eigenvalue weighted by Gasteiger charge is 2.24. The van der Waals surface area contributed by atoms with Crippen LogP contribution >= 0.6 is 27.3 Å². The van der Waals surface area contributed by atoms with E-state index in [1.165, 1.54) is 11.3 Å². The lowest BCUT2D eigenvalue weighted by Crippen LogP contribution is -2.32. The smallest absolute Gasteiger partial charge is 0.257 e. The first-order chi connectivity index (χ1) is 10.1. The first kappa shape index (κ1) is 14.7. The minimum atomic E-state index is -0.163. The molecule has 3 heterocycles. The molecule has 1 aliphatic rings. The highest BCUT2D eigenvalue weighted by molar-refractivity contribution is 9.11. The van der Waals surface area contributed by atoms with Crippen LogP contribution in [0.5, 0.6) is 0 Å². The van der Waals surface area contributed by atoms with E-state index in [1.54, 1.807) is 6.92 Å². The topological polar surface area (TPSA) is 64.4 Å². The van der Waals surface area contributed by atoms with E-state index in [9.17, 15) is 4.79 Å². The molecule has 1 unspecified atom stereocenters. The SMILES string of the molecule is Cc1onc(-c2ccc(Br)s2)c1C(=O)NCC1CCCO1. The van der Waals surface area contributed by atoms with E-state index in [4.69, 9.17) is 9.26 Å². The standard InChI is InChI=1S/C14H15BrN2O3S/c1-8-12(14(18)16-7-9-3-2-6-19-9)13(17-20-8)10-4-5-11(15)21-10/h4-5,9H,2-3,6-7H2,1H3,(H,16,18). The van der Waals surface area contributed by atoms with Gasteiger partial charge in [-0.25, -0.2) is 0 Å². The van der Waals surface area contributed by atoms with Gasteiger partial charge < -0.3 is 14.6 Å².